The number of benzene rings is 1. The van der Waals surface area contributed by atoms with E-state index >= 15 is 0 Å². The van der Waals surface area contributed by atoms with Gasteiger partial charge in [0.25, 0.3) is 11.9 Å². The van der Waals surface area contributed by atoms with Gasteiger partial charge in [0.1, 0.15) is 0 Å². The minimum atomic E-state index is -2.30. The number of aliphatic carboxylic acids is 1. The molecule has 39 heavy (non-hydrogen) atoms. The zero-order valence-electron chi connectivity index (χ0n) is 20.9. The number of halogens is 5. The molecule has 218 valence electrons. The maximum atomic E-state index is 12.8. The lowest BCUT2D eigenvalue weighted by molar-refractivity contribution is -0.184. The van der Waals surface area contributed by atoms with Crippen LogP contribution in [0.15, 0.2) is 28.8 Å². The maximum Gasteiger partial charge on any atom is 0.330 e. The van der Waals surface area contributed by atoms with Crippen molar-refractivity contribution in [2.45, 2.75) is 41.0 Å². The van der Waals surface area contributed by atoms with Crippen LogP contribution in [0.3, 0.4) is 0 Å². The zero-order chi connectivity index (χ0) is 30.6. The van der Waals surface area contributed by atoms with Gasteiger partial charge in [-0.05, 0) is 18.9 Å². The molecule has 1 aromatic carbocycles. The van der Waals surface area contributed by atoms with E-state index in [1.54, 1.807) is 7.05 Å². The summed E-state index contributed by atoms with van der Waals surface area (Å²) in [6.07, 6.45) is 2.26. The van der Waals surface area contributed by atoms with Crippen LogP contribution in [0, 0.1) is 29.1 Å². The van der Waals surface area contributed by atoms with Crippen molar-refractivity contribution in [3.8, 4) is 5.75 Å². The van der Waals surface area contributed by atoms with Crippen LogP contribution >= 0.6 is 0 Å². The molecule has 1 N–H and O–H groups in total. The molecule has 1 aliphatic rings. The lowest BCUT2D eigenvalue weighted by atomic mass is 10.2. The van der Waals surface area contributed by atoms with Crippen molar-refractivity contribution < 1.29 is 60.6 Å². The molecule has 11 nitrogen and oxygen atoms in total. The number of carboxylic acids is 1. The van der Waals surface area contributed by atoms with Gasteiger partial charge in [-0.2, -0.15) is 8.78 Å². The Balaban J connectivity index is -0.000000223. The highest BCUT2D eigenvalue weighted by atomic mass is 19.2. The largest absolute Gasteiger partial charge is 0.481 e. The Morgan fingerprint density at radius 3 is 1.49 bits per heavy atom. The fourth-order valence-electron chi connectivity index (χ4n) is 1.69. The van der Waals surface area contributed by atoms with Gasteiger partial charge in [0.05, 0.1) is 5.70 Å². The molecule has 1 fully saturated rings. The Hall–Kier alpha value is -4.68. The first kappa shape index (κ1) is 41.4. The van der Waals surface area contributed by atoms with Gasteiger partial charge in [-0.3, -0.25) is 14.4 Å². The summed E-state index contributed by atoms with van der Waals surface area (Å²) in [5.74, 6) is -13.0. The van der Waals surface area contributed by atoms with E-state index in [9.17, 15) is 36.3 Å². The lowest BCUT2D eigenvalue weighted by Crippen LogP contribution is -2.25. The molecule has 0 bridgehead atoms. The van der Waals surface area contributed by atoms with Gasteiger partial charge in [-0.1, -0.05) is 14.0 Å². The van der Waals surface area contributed by atoms with Crippen molar-refractivity contribution in [3.63, 3.8) is 0 Å². The summed E-state index contributed by atoms with van der Waals surface area (Å²) in [6, 6.07) is 0. The van der Waals surface area contributed by atoms with Gasteiger partial charge < -0.3 is 14.7 Å². The van der Waals surface area contributed by atoms with Crippen LogP contribution in [0.4, 0.5) is 22.0 Å². The summed E-state index contributed by atoms with van der Waals surface area (Å²) in [4.78, 5) is 60.4. The van der Waals surface area contributed by atoms with Crippen molar-refractivity contribution in [3.05, 3.63) is 47.9 Å². The second-order valence-electron chi connectivity index (χ2n) is 6.05. The Bertz CT molecular complexity index is 1050. The molecular weight excluding hydrogens is 541 g/mol. The SMILES string of the molecule is C.C=C1CCC(=O)N1OC(C)=O.C=C=NC.CC(=O)O.CC(=O)Oc1c(F)c(F)c(F)c(F)c1F.CN=C=O. The minimum Gasteiger partial charge on any atom is -0.481 e. The molecule has 1 heterocycles. The molecule has 0 aliphatic carbocycles. The van der Waals surface area contributed by atoms with Gasteiger partial charge in [-0.25, -0.2) is 32.7 Å². The van der Waals surface area contributed by atoms with Crippen LogP contribution in [0.2, 0.25) is 0 Å². The number of carbonyl (C=O) groups excluding carboxylic acids is 4. The van der Waals surface area contributed by atoms with Crippen molar-refractivity contribution in [1.82, 2.24) is 5.06 Å². The highest BCUT2D eigenvalue weighted by molar-refractivity contribution is 5.81. The molecule has 0 saturated carbocycles. The summed E-state index contributed by atoms with van der Waals surface area (Å²) in [6.45, 7) is 9.85. The number of isocyanates is 1. The zero-order valence-corrected chi connectivity index (χ0v) is 20.9. The number of ether oxygens (including phenoxy) is 1. The standard InChI is InChI=1S/C8H3F5O2.C7H9NO3.C3H5N.C2H3NO.C2H4O2.CH4/c1-2(14)15-8-6(12)4(10)3(9)5(11)7(8)13;1-5-3-4-7(10)8(5)11-6(2)9;1-3-4-2;1-3-2-4;1-2(3)4;/h1H3;1,3-4H2,2H3;1H2,2H3;1H3;1H3,(H,3,4);1H4. The third kappa shape index (κ3) is 18.2. The van der Waals surface area contributed by atoms with Crippen molar-refractivity contribution in [2.24, 2.45) is 9.98 Å². The first-order valence-electron chi connectivity index (χ1n) is 9.69. The van der Waals surface area contributed by atoms with E-state index < -0.39 is 52.7 Å². The number of aliphatic imine (C=N–C) groups is 2. The predicted molar refractivity (Wildman–Crippen MR) is 128 cm³/mol. The summed E-state index contributed by atoms with van der Waals surface area (Å²) < 4.78 is 66.9. The molecule has 0 aromatic heterocycles. The second kappa shape index (κ2) is 22.5. The predicted octanol–water partition coefficient (Wildman–Crippen LogP) is 4.06. The van der Waals surface area contributed by atoms with E-state index in [0.29, 0.717) is 18.5 Å². The monoisotopic (exact) mass is 569 g/mol. The van der Waals surface area contributed by atoms with E-state index in [2.05, 4.69) is 38.6 Å². The fraction of sp³-hybridized carbons (Fsp3) is 0.348. The highest BCUT2D eigenvalue weighted by Gasteiger charge is 2.28. The van der Waals surface area contributed by atoms with Crippen LogP contribution in [0.5, 0.6) is 5.75 Å². The van der Waals surface area contributed by atoms with E-state index in [-0.39, 0.29) is 13.3 Å². The Kier molecular flexibility index (Phi) is 23.9. The van der Waals surface area contributed by atoms with Gasteiger partial charge in [0.2, 0.25) is 40.9 Å². The topological polar surface area (TPSA) is 152 Å². The number of amides is 1. The summed E-state index contributed by atoms with van der Waals surface area (Å²) in [7, 11) is 3.01. The van der Waals surface area contributed by atoms with Crippen molar-refractivity contribution in [2.75, 3.05) is 14.1 Å². The molecule has 1 amide bonds. The molecule has 1 saturated heterocycles. The second-order valence-corrected chi connectivity index (χ2v) is 6.05. The van der Waals surface area contributed by atoms with Gasteiger partial charge in [0.15, 0.2) is 0 Å². The molecule has 0 atom stereocenters. The third-order valence-corrected chi connectivity index (χ3v) is 3.03. The average Bonchev–Trinajstić information content (AvgIpc) is 3.16. The van der Waals surface area contributed by atoms with E-state index in [0.717, 1.165) is 18.9 Å². The average molecular weight is 569 g/mol. The molecule has 1 aromatic rings. The lowest BCUT2D eigenvalue weighted by Gasteiger charge is -2.13. The van der Waals surface area contributed by atoms with Crippen LogP contribution in [0.1, 0.15) is 41.0 Å². The smallest absolute Gasteiger partial charge is 0.330 e. The summed E-state index contributed by atoms with van der Waals surface area (Å²) in [5.41, 5.74) is 0.546. The van der Waals surface area contributed by atoms with E-state index in [4.69, 9.17) is 14.7 Å². The number of carbonyl (C=O) groups is 4. The molecule has 1 aliphatic heterocycles. The number of allylic oxidation sites excluding steroid dienone is 1. The fourth-order valence-corrected chi connectivity index (χ4v) is 1.69. The maximum absolute atomic E-state index is 12.8. The number of hydroxylamine groups is 2. The quantitative estimate of drug-likeness (QED) is 0.107. The number of carboxylic acid groups (broad SMARTS) is 1. The van der Waals surface area contributed by atoms with E-state index in [1.165, 1.54) is 20.1 Å². The Morgan fingerprint density at radius 1 is 0.897 bits per heavy atom. The van der Waals surface area contributed by atoms with Crippen molar-refractivity contribution in [1.29, 1.82) is 0 Å². The number of rotatable bonds is 2. The number of esters is 1. The first-order valence-corrected chi connectivity index (χ1v) is 9.69. The van der Waals surface area contributed by atoms with Gasteiger partial charge in [0, 0.05) is 41.3 Å². The number of hydrogen-bond acceptors (Lipinski definition) is 9. The molecular formula is C23H28F5N3O8. The number of hydrogen-bond donors (Lipinski definition) is 1. The molecule has 16 heteroatoms. The van der Waals surface area contributed by atoms with Crippen LogP contribution < -0.4 is 4.74 Å². The number of nitrogens with zero attached hydrogens (tertiary/aromatic N) is 3. The van der Waals surface area contributed by atoms with Gasteiger partial charge >= 0.3 is 11.9 Å². The van der Waals surface area contributed by atoms with Crippen LogP contribution in [0.25, 0.3) is 0 Å². The van der Waals surface area contributed by atoms with Crippen molar-refractivity contribution >= 4 is 35.8 Å². The van der Waals surface area contributed by atoms with Gasteiger partial charge in [-0.15, -0.1) is 5.06 Å². The molecule has 0 spiro atoms. The summed E-state index contributed by atoms with van der Waals surface area (Å²) in [5, 5.41) is 8.38. The van der Waals surface area contributed by atoms with E-state index in [1.807, 2.05) is 0 Å². The highest BCUT2D eigenvalue weighted by Crippen LogP contribution is 2.29. The molecule has 2 rings (SSSR count). The molecule has 0 unspecified atom stereocenters. The minimum absolute atomic E-state index is 0. The third-order valence-electron chi connectivity index (χ3n) is 3.03. The van der Waals surface area contributed by atoms with Crippen LogP contribution in [-0.4, -0.2) is 60.0 Å². The Morgan fingerprint density at radius 2 is 1.26 bits per heavy atom. The Labute approximate surface area is 220 Å². The van der Waals surface area contributed by atoms with Crippen LogP contribution in [-0.2, 0) is 28.8 Å². The molecule has 0 radical (unpaired) electrons. The first-order chi connectivity index (χ1) is 17.5. The normalized spacial score (nSPS) is 10.4. The summed E-state index contributed by atoms with van der Waals surface area (Å²) >= 11 is 0.